The van der Waals surface area contributed by atoms with E-state index in [1.807, 2.05) is 39.0 Å². The molecular weight excluding hydrogens is 176 g/mol. The predicted molar refractivity (Wildman–Crippen MR) is 55.6 cm³/mol. The Balaban J connectivity index is 2.95. The second-order valence-electron chi connectivity index (χ2n) is 3.24. The molecule has 14 heavy (non-hydrogen) atoms. The number of azo groups is 1. The predicted octanol–water partition coefficient (Wildman–Crippen LogP) is 2.92. The van der Waals surface area contributed by atoms with Gasteiger partial charge in [0, 0.05) is 5.56 Å². The van der Waals surface area contributed by atoms with Gasteiger partial charge in [0.05, 0.1) is 6.54 Å². The number of aryl methyl sites for hydroxylation is 2. The molecule has 1 aromatic carbocycles. The molecule has 0 aliphatic heterocycles. The third-order valence-electron chi connectivity index (χ3n) is 1.77. The lowest BCUT2D eigenvalue weighted by atomic mass is 10.1. The fourth-order valence-electron chi connectivity index (χ4n) is 1.29. The maximum Gasteiger partial charge on any atom is 0.295 e. The van der Waals surface area contributed by atoms with E-state index in [1.54, 1.807) is 0 Å². The van der Waals surface area contributed by atoms with Gasteiger partial charge in [0.25, 0.3) is 5.91 Å². The third-order valence-corrected chi connectivity index (χ3v) is 1.77. The summed E-state index contributed by atoms with van der Waals surface area (Å²) in [6, 6.07) is 5.67. The van der Waals surface area contributed by atoms with Crippen molar-refractivity contribution >= 4 is 5.91 Å². The van der Waals surface area contributed by atoms with Crippen LogP contribution >= 0.6 is 0 Å². The monoisotopic (exact) mass is 190 g/mol. The van der Waals surface area contributed by atoms with Crippen LogP contribution in [0.2, 0.25) is 0 Å². The molecule has 1 rings (SSSR count). The summed E-state index contributed by atoms with van der Waals surface area (Å²) in [5.41, 5.74) is 2.75. The quantitative estimate of drug-likeness (QED) is 0.661. The average Bonchev–Trinajstić information content (AvgIpc) is 2.12. The highest BCUT2D eigenvalue weighted by atomic mass is 16.1. The Labute approximate surface area is 83.9 Å². The van der Waals surface area contributed by atoms with Crippen molar-refractivity contribution in [3.05, 3.63) is 34.9 Å². The molecule has 0 spiro atoms. The first-order valence-corrected chi connectivity index (χ1v) is 4.63. The molecule has 0 unspecified atom stereocenters. The van der Waals surface area contributed by atoms with E-state index < -0.39 is 0 Å². The fourth-order valence-corrected chi connectivity index (χ4v) is 1.29. The smallest absolute Gasteiger partial charge is 0.265 e. The van der Waals surface area contributed by atoms with Gasteiger partial charge in [-0.05, 0) is 32.9 Å². The van der Waals surface area contributed by atoms with Crippen LogP contribution in [0.4, 0.5) is 0 Å². The van der Waals surface area contributed by atoms with E-state index in [1.165, 1.54) is 0 Å². The molecule has 0 fully saturated rings. The summed E-state index contributed by atoms with van der Waals surface area (Å²) in [6.45, 7) is 6.30. The van der Waals surface area contributed by atoms with Crippen molar-refractivity contribution in [1.82, 2.24) is 0 Å². The van der Waals surface area contributed by atoms with Crippen LogP contribution in [0.5, 0.6) is 0 Å². The summed E-state index contributed by atoms with van der Waals surface area (Å²) >= 11 is 0. The van der Waals surface area contributed by atoms with Gasteiger partial charge in [0.15, 0.2) is 0 Å². The SMILES string of the molecule is CCN=NC(=O)c1cc(C)cc(C)c1. The van der Waals surface area contributed by atoms with Crippen LogP contribution in [0.15, 0.2) is 28.4 Å². The number of benzene rings is 1. The van der Waals surface area contributed by atoms with Crippen LogP contribution < -0.4 is 0 Å². The van der Waals surface area contributed by atoms with Crippen LogP contribution in [0.3, 0.4) is 0 Å². The van der Waals surface area contributed by atoms with Crippen LogP contribution in [-0.4, -0.2) is 12.5 Å². The van der Waals surface area contributed by atoms with E-state index in [4.69, 9.17) is 0 Å². The van der Waals surface area contributed by atoms with Crippen LogP contribution in [0.1, 0.15) is 28.4 Å². The molecule has 0 bridgehead atoms. The molecule has 0 radical (unpaired) electrons. The first kappa shape index (κ1) is 10.6. The molecule has 0 saturated heterocycles. The van der Waals surface area contributed by atoms with Crippen LogP contribution in [-0.2, 0) is 0 Å². The maximum absolute atomic E-state index is 11.4. The van der Waals surface area contributed by atoms with Crippen molar-refractivity contribution in [3.63, 3.8) is 0 Å². The molecule has 0 saturated carbocycles. The van der Waals surface area contributed by atoms with Gasteiger partial charge in [0.1, 0.15) is 0 Å². The number of carbonyl (C=O) groups is 1. The van der Waals surface area contributed by atoms with Gasteiger partial charge in [-0.1, -0.05) is 17.2 Å². The van der Waals surface area contributed by atoms with E-state index in [0.717, 1.165) is 11.1 Å². The van der Waals surface area contributed by atoms with Crippen LogP contribution in [0.25, 0.3) is 0 Å². The van der Waals surface area contributed by atoms with Gasteiger partial charge in [0.2, 0.25) is 0 Å². The zero-order chi connectivity index (χ0) is 10.6. The Morgan fingerprint density at radius 1 is 1.21 bits per heavy atom. The lowest BCUT2D eigenvalue weighted by Crippen LogP contribution is -1.95. The Bertz CT molecular complexity index is 349. The minimum absolute atomic E-state index is 0.265. The normalized spacial score (nSPS) is 10.8. The number of hydrogen-bond donors (Lipinski definition) is 0. The molecule has 1 aromatic rings. The van der Waals surface area contributed by atoms with Gasteiger partial charge in [-0.2, -0.15) is 5.11 Å². The number of hydrogen-bond acceptors (Lipinski definition) is 2. The Morgan fingerprint density at radius 2 is 1.79 bits per heavy atom. The van der Waals surface area contributed by atoms with Gasteiger partial charge in [-0.3, -0.25) is 4.79 Å². The Morgan fingerprint density at radius 3 is 2.29 bits per heavy atom. The summed E-state index contributed by atoms with van der Waals surface area (Å²) in [5.74, 6) is -0.265. The first-order valence-electron chi connectivity index (χ1n) is 4.63. The highest BCUT2D eigenvalue weighted by Gasteiger charge is 2.04. The highest BCUT2D eigenvalue weighted by molar-refractivity contribution is 5.94. The summed E-state index contributed by atoms with van der Waals surface area (Å²) in [4.78, 5) is 11.4. The molecule has 3 heteroatoms. The van der Waals surface area contributed by atoms with E-state index >= 15 is 0 Å². The maximum atomic E-state index is 11.4. The van der Waals surface area contributed by atoms with E-state index in [-0.39, 0.29) is 5.91 Å². The molecule has 1 amide bonds. The number of amides is 1. The van der Waals surface area contributed by atoms with Crippen molar-refractivity contribution in [2.24, 2.45) is 10.2 Å². The summed E-state index contributed by atoms with van der Waals surface area (Å²) in [5, 5.41) is 7.26. The largest absolute Gasteiger partial charge is 0.295 e. The number of rotatable bonds is 2. The van der Waals surface area contributed by atoms with Crippen molar-refractivity contribution in [3.8, 4) is 0 Å². The van der Waals surface area contributed by atoms with Gasteiger partial charge >= 0.3 is 0 Å². The fraction of sp³-hybridized carbons (Fsp3) is 0.364. The van der Waals surface area contributed by atoms with Crippen molar-refractivity contribution in [2.45, 2.75) is 20.8 Å². The second kappa shape index (κ2) is 4.65. The van der Waals surface area contributed by atoms with E-state index in [9.17, 15) is 4.79 Å². The molecule has 0 aliphatic rings. The Kier molecular flexibility index (Phi) is 3.51. The summed E-state index contributed by atoms with van der Waals surface area (Å²) in [6.07, 6.45) is 0. The van der Waals surface area contributed by atoms with E-state index in [2.05, 4.69) is 10.2 Å². The highest BCUT2D eigenvalue weighted by Crippen LogP contribution is 2.10. The van der Waals surface area contributed by atoms with Crippen molar-refractivity contribution < 1.29 is 4.79 Å². The second-order valence-corrected chi connectivity index (χ2v) is 3.24. The summed E-state index contributed by atoms with van der Waals surface area (Å²) < 4.78 is 0. The molecule has 0 aliphatic carbocycles. The van der Waals surface area contributed by atoms with Crippen molar-refractivity contribution in [2.75, 3.05) is 6.54 Å². The molecule has 74 valence electrons. The van der Waals surface area contributed by atoms with Crippen molar-refractivity contribution in [1.29, 1.82) is 0 Å². The van der Waals surface area contributed by atoms with Gasteiger partial charge < -0.3 is 0 Å². The van der Waals surface area contributed by atoms with Gasteiger partial charge in [-0.25, -0.2) is 0 Å². The molecule has 0 N–H and O–H groups in total. The molecule has 3 nitrogen and oxygen atoms in total. The molecule has 0 aromatic heterocycles. The number of nitrogens with zero attached hydrogens (tertiary/aromatic N) is 2. The molecule has 0 heterocycles. The molecular formula is C11H14N2O. The average molecular weight is 190 g/mol. The topological polar surface area (TPSA) is 41.8 Å². The zero-order valence-corrected chi connectivity index (χ0v) is 8.74. The Hall–Kier alpha value is -1.51. The van der Waals surface area contributed by atoms with E-state index in [0.29, 0.717) is 12.1 Å². The lowest BCUT2D eigenvalue weighted by Gasteiger charge is -1.99. The minimum Gasteiger partial charge on any atom is -0.265 e. The van der Waals surface area contributed by atoms with Gasteiger partial charge in [-0.15, -0.1) is 5.11 Å². The standard InChI is InChI=1S/C11H14N2O/c1-4-12-13-11(14)10-6-8(2)5-9(3)7-10/h5-7H,4H2,1-3H3. The zero-order valence-electron chi connectivity index (χ0n) is 8.74. The number of carbonyl (C=O) groups excluding carboxylic acids is 1. The first-order chi connectivity index (χ1) is 6.63. The minimum atomic E-state index is -0.265. The summed E-state index contributed by atoms with van der Waals surface area (Å²) in [7, 11) is 0. The van der Waals surface area contributed by atoms with Crippen LogP contribution in [0, 0.1) is 13.8 Å². The lowest BCUT2D eigenvalue weighted by molar-refractivity contribution is 0.0993. The third kappa shape index (κ3) is 2.76. The molecule has 0 atom stereocenters.